The second-order valence-corrected chi connectivity index (χ2v) is 6.68. The molecule has 2 rings (SSSR count). The molecule has 1 aromatic carbocycles. The molecular weight excluding hydrogens is 332 g/mol. The Morgan fingerprint density at radius 1 is 1.12 bits per heavy atom. The summed E-state index contributed by atoms with van der Waals surface area (Å²) in [5.74, 6) is -1.12. The van der Waals surface area contributed by atoms with Gasteiger partial charge in [-0.3, -0.25) is 14.4 Å². The van der Waals surface area contributed by atoms with E-state index in [2.05, 4.69) is 5.32 Å². The standard InChI is InChI=1S/C20H28N2O4/c1-3-22(17-7-5-4-6-8-17)18(23)14-26-19(24)13-21-20(25)16-11-9-15(2)10-12-16/h9-12,17H,3-8,13-14H2,1-2H3,(H,21,25). The third-order valence-electron chi connectivity index (χ3n) is 4.74. The zero-order chi connectivity index (χ0) is 18.9. The van der Waals surface area contributed by atoms with Crippen molar-refractivity contribution in [2.24, 2.45) is 0 Å². The van der Waals surface area contributed by atoms with Crippen LogP contribution >= 0.6 is 0 Å². The maximum absolute atomic E-state index is 12.3. The first kappa shape index (κ1) is 19.9. The van der Waals surface area contributed by atoms with Gasteiger partial charge in [0.1, 0.15) is 6.54 Å². The molecule has 0 aromatic heterocycles. The van der Waals surface area contributed by atoms with Crippen LogP contribution in [0.1, 0.15) is 54.9 Å². The van der Waals surface area contributed by atoms with Crippen molar-refractivity contribution in [2.75, 3.05) is 19.7 Å². The number of rotatable bonds is 7. The molecule has 0 atom stereocenters. The molecule has 1 N–H and O–H groups in total. The van der Waals surface area contributed by atoms with E-state index in [0.29, 0.717) is 12.1 Å². The number of hydrogen-bond donors (Lipinski definition) is 1. The van der Waals surface area contributed by atoms with Crippen molar-refractivity contribution >= 4 is 17.8 Å². The van der Waals surface area contributed by atoms with Crippen molar-refractivity contribution in [1.82, 2.24) is 10.2 Å². The lowest BCUT2D eigenvalue weighted by molar-refractivity contribution is -0.152. The molecule has 0 aliphatic heterocycles. The monoisotopic (exact) mass is 360 g/mol. The van der Waals surface area contributed by atoms with Crippen LogP contribution in [0, 0.1) is 6.92 Å². The van der Waals surface area contributed by atoms with Crippen LogP contribution in [-0.4, -0.2) is 48.4 Å². The first-order valence-electron chi connectivity index (χ1n) is 9.31. The SMILES string of the molecule is CCN(C(=O)COC(=O)CNC(=O)c1ccc(C)cc1)C1CCCCC1. The highest BCUT2D eigenvalue weighted by Crippen LogP contribution is 2.22. The van der Waals surface area contributed by atoms with Gasteiger partial charge in [-0.2, -0.15) is 0 Å². The second kappa shape index (κ2) is 9.94. The van der Waals surface area contributed by atoms with Gasteiger partial charge in [-0.15, -0.1) is 0 Å². The lowest BCUT2D eigenvalue weighted by atomic mass is 9.94. The van der Waals surface area contributed by atoms with E-state index in [0.717, 1.165) is 31.2 Å². The van der Waals surface area contributed by atoms with Gasteiger partial charge in [-0.25, -0.2) is 0 Å². The van der Waals surface area contributed by atoms with Crippen molar-refractivity contribution in [2.45, 2.75) is 52.0 Å². The van der Waals surface area contributed by atoms with Crippen LogP contribution in [-0.2, 0) is 14.3 Å². The molecule has 0 spiro atoms. The molecule has 2 amide bonds. The van der Waals surface area contributed by atoms with E-state index in [9.17, 15) is 14.4 Å². The van der Waals surface area contributed by atoms with Crippen LogP contribution in [0.2, 0.25) is 0 Å². The Morgan fingerprint density at radius 2 is 1.77 bits per heavy atom. The molecule has 1 aromatic rings. The van der Waals surface area contributed by atoms with E-state index >= 15 is 0 Å². The van der Waals surface area contributed by atoms with E-state index in [-0.39, 0.29) is 31.0 Å². The number of benzene rings is 1. The number of hydrogen-bond acceptors (Lipinski definition) is 4. The Hall–Kier alpha value is -2.37. The number of nitrogens with one attached hydrogen (secondary N) is 1. The molecule has 0 bridgehead atoms. The molecule has 1 aliphatic rings. The third-order valence-corrected chi connectivity index (χ3v) is 4.74. The first-order valence-corrected chi connectivity index (χ1v) is 9.31. The van der Waals surface area contributed by atoms with Gasteiger partial charge in [0.15, 0.2) is 6.61 Å². The predicted molar refractivity (Wildman–Crippen MR) is 98.7 cm³/mol. The van der Waals surface area contributed by atoms with Crippen LogP contribution in [0.5, 0.6) is 0 Å². The Morgan fingerprint density at radius 3 is 2.38 bits per heavy atom. The summed E-state index contributed by atoms with van der Waals surface area (Å²) in [7, 11) is 0. The quantitative estimate of drug-likeness (QED) is 0.758. The van der Waals surface area contributed by atoms with Crippen molar-refractivity contribution in [3.8, 4) is 0 Å². The summed E-state index contributed by atoms with van der Waals surface area (Å²) in [6, 6.07) is 7.31. The number of likely N-dealkylation sites (N-methyl/N-ethyl adjacent to an activating group) is 1. The molecule has 6 nitrogen and oxygen atoms in total. The summed E-state index contributed by atoms with van der Waals surface area (Å²) < 4.78 is 5.04. The van der Waals surface area contributed by atoms with Gasteiger partial charge in [0.05, 0.1) is 0 Å². The van der Waals surface area contributed by atoms with Crippen molar-refractivity contribution < 1.29 is 19.1 Å². The number of carbonyl (C=O) groups excluding carboxylic acids is 3. The van der Waals surface area contributed by atoms with Gasteiger partial charge in [0.2, 0.25) is 0 Å². The summed E-state index contributed by atoms with van der Waals surface area (Å²) in [6.45, 7) is 3.96. The van der Waals surface area contributed by atoms with Crippen molar-refractivity contribution in [3.63, 3.8) is 0 Å². The highest BCUT2D eigenvalue weighted by Gasteiger charge is 2.24. The molecule has 0 radical (unpaired) electrons. The number of nitrogens with zero attached hydrogens (tertiary/aromatic N) is 1. The minimum absolute atomic E-state index is 0.169. The molecular formula is C20H28N2O4. The molecule has 0 unspecified atom stereocenters. The fourth-order valence-electron chi connectivity index (χ4n) is 3.27. The predicted octanol–water partition coefficient (Wildman–Crippen LogP) is 2.45. The van der Waals surface area contributed by atoms with E-state index in [1.54, 1.807) is 17.0 Å². The molecule has 142 valence electrons. The number of esters is 1. The van der Waals surface area contributed by atoms with Crippen LogP contribution in [0.25, 0.3) is 0 Å². The molecule has 1 saturated carbocycles. The Balaban J connectivity index is 1.74. The van der Waals surface area contributed by atoms with E-state index in [4.69, 9.17) is 4.74 Å². The lowest BCUT2D eigenvalue weighted by Crippen LogP contribution is -2.43. The molecule has 26 heavy (non-hydrogen) atoms. The van der Waals surface area contributed by atoms with Crippen LogP contribution in [0.3, 0.4) is 0 Å². The summed E-state index contributed by atoms with van der Waals surface area (Å²) in [5.41, 5.74) is 1.53. The zero-order valence-electron chi connectivity index (χ0n) is 15.6. The third kappa shape index (κ3) is 5.86. The van der Waals surface area contributed by atoms with Crippen LogP contribution < -0.4 is 5.32 Å². The van der Waals surface area contributed by atoms with E-state index < -0.39 is 5.97 Å². The summed E-state index contributed by atoms with van der Waals surface area (Å²) in [5, 5.41) is 2.51. The van der Waals surface area contributed by atoms with E-state index in [1.807, 2.05) is 26.0 Å². The Kier molecular flexibility index (Phi) is 7.63. The fraction of sp³-hybridized carbons (Fsp3) is 0.550. The topological polar surface area (TPSA) is 75.7 Å². The largest absolute Gasteiger partial charge is 0.454 e. The molecule has 0 heterocycles. The average Bonchev–Trinajstić information content (AvgIpc) is 2.66. The Labute approximate surface area is 154 Å². The highest BCUT2D eigenvalue weighted by molar-refractivity contribution is 5.96. The summed E-state index contributed by atoms with van der Waals surface area (Å²) >= 11 is 0. The van der Waals surface area contributed by atoms with Gasteiger partial charge in [0, 0.05) is 18.2 Å². The fourth-order valence-corrected chi connectivity index (χ4v) is 3.27. The van der Waals surface area contributed by atoms with Gasteiger partial charge in [-0.1, -0.05) is 37.0 Å². The Bertz CT molecular complexity index is 621. The molecule has 1 aliphatic carbocycles. The number of ether oxygens (including phenoxy) is 1. The molecule has 6 heteroatoms. The summed E-state index contributed by atoms with van der Waals surface area (Å²) in [6.07, 6.45) is 5.52. The van der Waals surface area contributed by atoms with Crippen LogP contribution in [0.15, 0.2) is 24.3 Å². The van der Waals surface area contributed by atoms with Gasteiger partial charge in [-0.05, 0) is 38.8 Å². The normalized spacial score (nSPS) is 14.5. The van der Waals surface area contributed by atoms with Gasteiger partial charge < -0.3 is 15.0 Å². The smallest absolute Gasteiger partial charge is 0.325 e. The van der Waals surface area contributed by atoms with Gasteiger partial charge in [0.25, 0.3) is 11.8 Å². The van der Waals surface area contributed by atoms with Crippen molar-refractivity contribution in [1.29, 1.82) is 0 Å². The number of aryl methyl sites for hydroxylation is 1. The minimum Gasteiger partial charge on any atom is -0.454 e. The second-order valence-electron chi connectivity index (χ2n) is 6.68. The first-order chi connectivity index (χ1) is 12.5. The lowest BCUT2D eigenvalue weighted by Gasteiger charge is -2.33. The number of carbonyl (C=O) groups is 3. The highest BCUT2D eigenvalue weighted by atomic mass is 16.5. The van der Waals surface area contributed by atoms with Crippen molar-refractivity contribution in [3.05, 3.63) is 35.4 Å². The maximum atomic E-state index is 12.3. The average molecular weight is 360 g/mol. The zero-order valence-corrected chi connectivity index (χ0v) is 15.6. The molecule has 0 saturated heterocycles. The number of amides is 2. The van der Waals surface area contributed by atoms with Crippen LogP contribution in [0.4, 0.5) is 0 Å². The molecule has 1 fully saturated rings. The maximum Gasteiger partial charge on any atom is 0.325 e. The summed E-state index contributed by atoms with van der Waals surface area (Å²) in [4.78, 5) is 37.9. The van der Waals surface area contributed by atoms with Gasteiger partial charge >= 0.3 is 5.97 Å². The minimum atomic E-state index is -0.612. The van der Waals surface area contributed by atoms with E-state index in [1.165, 1.54) is 6.42 Å².